The third kappa shape index (κ3) is 2.24. The number of amides is 1. The first-order valence-corrected chi connectivity index (χ1v) is 8.37. The number of aliphatic hydroxyl groups is 1. The molecule has 2 aromatic rings. The molecule has 2 aliphatic rings. The standard InChI is InChI=1S/C17H22N4O2/c1-12-13(10-18-15-5-8-19-21(12)15)16(23)20-9-3-7-17(11-20)6-2-4-14(17)22/h5,8,10,14,22H,2-4,6-7,9,11H2,1H3/t14-,17+/m1/s1. The van der Waals surface area contributed by atoms with Gasteiger partial charge in [0, 0.05) is 30.8 Å². The van der Waals surface area contributed by atoms with Crippen molar-refractivity contribution in [2.75, 3.05) is 13.1 Å². The maximum atomic E-state index is 13.0. The fraction of sp³-hybridized carbons (Fsp3) is 0.588. The molecule has 1 spiro atoms. The predicted octanol–water partition coefficient (Wildman–Crippen LogP) is 1.80. The van der Waals surface area contributed by atoms with Crippen molar-refractivity contribution in [2.24, 2.45) is 5.41 Å². The summed E-state index contributed by atoms with van der Waals surface area (Å²) < 4.78 is 1.71. The average molecular weight is 314 g/mol. The molecule has 3 heterocycles. The Kier molecular flexibility index (Phi) is 3.37. The third-order valence-electron chi connectivity index (χ3n) is 5.64. The zero-order chi connectivity index (χ0) is 16.0. The molecule has 1 aliphatic heterocycles. The molecule has 0 unspecified atom stereocenters. The highest BCUT2D eigenvalue weighted by molar-refractivity contribution is 5.95. The van der Waals surface area contributed by atoms with Crippen molar-refractivity contribution in [1.82, 2.24) is 19.5 Å². The monoisotopic (exact) mass is 314 g/mol. The number of carbonyl (C=O) groups is 1. The molecular weight excluding hydrogens is 292 g/mol. The summed E-state index contributed by atoms with van der Waals surface area (Å²) in [6, 6.07) is 1.83. The van der Waals surface area contributed by atoms with Crippen LogP contribution >= 0.6 is 0 Å². The van der Waals surface area contributed by atoms with Gasteiger partial charge in [0.25, 0.3) is 5.91 Å². The van der Waals surface area contributed by atoms with Crippen molar-refractivity contribution in [3.63, 3.8) is 0 Å². The zero-order valence-electron chi connectivity index (χ0n) is 13.4. The van der Waals surface area contributed by atoms with Gasteiger partial charge in [-0.2, -0.15) is 5.10 Å². The summed E-state index contributed by atoms with van der Waals surface area (Å²) in [6.45, 7) is 3.31. The number of rotatable bonds is 1. The van der Waals surface area contributed by atoms with Gasteiger partial charge in [0.2, 0.25) is 0 Å². The van der Waals surface area contributed by atoms with E-state index in [1.807, 2.05) is 17.9 Å². The summed E-state index contributed by atoms with van der Waals surface area (Å²) in [4.78, 5) is 19.2. The number of aliphatic hydroxyl groups excluding tert-OH is 1. The molecule has 6 heteroatoms. The Bertz CT molecular complexity index is 756. The largest absolute Gasteiger partial charge is 0.392 e. The fourth-order valence-electron chi connectivity index (χ4n) is 4.30. The molecule has 0 radical (unpaired) electrons. The quantitative estimate of drug-likeness (QED) is 0.871. The summed E-state index contributed by atoms with van der Waals surface area (Å²) in [5, 5.41) is 14.6. The van der Waals surface area contributed by atoms with Gasteiger partial charge in [0.15, 0.2) is 5.65 Å². The second-order valence-electron chi connectivity index (χ2n) is 6.96. The van der Waals surface area contributed by atoms with Gasteiger partial charge in [-0.3, -0.25) is 4.79 Å². The van der Waals surface area contributed by atoms with Crippen LogP contribution in [-0.4, -0.2) is 49.7 Å². The number of hydrogen-bond acceptors (Lipinski definition) is 4. The Labute approximate surface area is 135 Å². The van der Waals surface area contributed by atoms with Crippen molar-refractivity contribution in [1.29, 1.82) is 0 Å². The molecule has 0 bridgehead atoms. The van der Waals surface area contributed by atoms with E-state index < -0.39 is 0 Å². The highest BCUT2D eigenvalue weighted by Crippen LogP contribution is 2.45. The highest BCUT2D eigenvalue weighted by Gasteiger charge is 2.45. The number of piperidine rings is 1. The highest BCUT2D eigenvalue weighted by atomic mass is 16.3. The molecule has 1 aliphatic carbocycles. The normalized spacial score (nSPS) is 27.9. The van der Waals surface area contributed by atoms with Gasteiger partial charge in [0.1, 0.15) is 0 Å². The van der Waals surface area contributed by atoms with Crippen molar-refractivity contribution in [2.45, 2.75) is 45.1 Å². The average Bonchev–Trinajstić information content (AvgIpc) is 3.16. The van der Waals surface area contributed by atoms with Crippen LogP contribution in [0.15, 0.2) is 18.5 Å². The number of hydrogen-bond donors (Lipinski definition) is 1. The van der Waals surface area contributed by atoms with Gasteiger partial charge in [-0.25, -0.2) is 9.50 Å². The lowest BCUT2D eigenvalue weighted by Crippen LogP contribution is -2.49. The topological polar surface area (TPSA) is 70.7 Å². The molecule has 122 valence electrons. The number of likely N-dealkylation sites (tertiary alicyclic amines) is 1. The van der Waals surface area contributed by atoms with Crippen molar-refractivity contribution in [3.8, 4) is 0 Å². The van der Waals surface area contributed by atoms with Crippen LogP contribution in [-0.2, 0) is 0 Å². The van der Waals surface area contributed by atoms with Gasteiger partial charge < -0.3 is 10.0 Å². The predicted molar refractivity (Wildman–Crippen MR) is 85.2 cm³/mol. The van der Waals surface area contributed by atoms with Crippen LogP contribution in [0.1, 0.15) is 48.2 Å². The van der Waals surface area contributed by atoms with Gasteiger partial charge in [0.05, 0.1) is 23.6 Å². The number of aryl methyl sites for hydroxylation is 1. The van der Waals surface area contributed by atoms with Gasteiger partial charge >= 0.3 is 0 Å². The first-order valence-electron chi connectivity index (χ1n) is 8.37. The van der Waals surface area contributed by atoms with Gasteiger partial charge in [-0.05, 0) is 32.6 Å². The molecule has 0 aromatic carbocycles. The minimum atomic E-state index is -0.272. The number of fused-ring (bicyclic) bond motifs is 1. The molecule has 23 heavy (non-hydrogen) atoms. The Morgan fingerprint density at radius 1 is 1.39 bits per heavy atom. The second-order valence-corrected chi connectivity index (χ2v) is 6.96. The molecule has 1 saturated heterocycles. The van der Waals surface area contributed by atoms with Crippen molar-refractivity contribution < 1.29 is 9.90 Å². The maximum absolute atomic E-state index is 13.0. The number of nitrogens with zero attached hydrogens (tertiary/aromatic N) is 4. The van der Waals surface area contributed by atoms with E-state index in [1.165, 1.54) is 0 Å². The van der Waals surface area contributed by atoms with E-state index >= 15 is 0 Å². The molecular formula is C17H22N4O2. The third-order valence-corrected chi connectivity index (χ3v) is 5.64. The van der Waals surface area contributed by atoms with Gasteiger partial charge in [-0.15, -0.1) is 0 Å². The smallest absolute Gasteiger partial charge is 0.257 e. The van der Waals surface area contributed by atoms with Crippen LogP contribution in [0.4, 0.5) is 0 Å². The Morgan fingerprint density at radius 3 is 3.00 bits per heavy atom. The fourth-order valence-corrected chi connectivity index (χ4v) is 4.30. The molecule has 1 amide bonds. The Morgan fingerprint density at radius 2 is 2.22 bits per heavy atom. The van der Waals surface area contributed by atoms with E-state index in [1.54, 1.807) is 16.9 Å². The van der Waals surface area contributed by atoms with Crippen LogP contribution < -0.4 is 0 Å². The van der Waals surface area contributed by atoms with E-state index in [4.69, 9.17) is 0 Å². The van der Waals surface area contributed by atoms with E-state index in [0.29, 0.717) is 12.1 Å². The summed E-state index contributed by atoms with van der Waals surface area (Å²) in [6.07, 6.45) is 7.99. The lowest BCUT2D eigenvalue weighted by atomic mass is 9.76. The van der Waals surface area contributed by atoms with Crippen LogP contribution in [0.3, 0.4) is 0 Å². The molecule has 2 fully saturated rings. The van der Waals surface area contributed by atoms with Crippen LogP contribution in [0.25, 0.3) is 5.65 Å². The minimum absolute atomic E-state index is 0.00516. The summed E-state index contributed by atoms with van der Waals surface area (Å²) in [7, 11) is 0. The number of carbonyl (C=O) groups excluding carboxylic acids is 1. The molecule has 1 saturated carbocycles. The van der Waals surface area contributed by atoms with Crippen LogP contribution in [0.2, 0.25) is 0 Å². The first-order chi connectivity index (χ1) is 11.1. The molecule has 2 aromatic heterocycles. The van der Waals surface area contributed by atoms with E-state index in [-0.39, 0.29) is 17.4 Å². The summed E-state index contributed by atoms with van der Waals surface area (Å²) in [5.74, 6) is 0.00516. The SMILES string of the molecule is Cc1c(C(=O)N2CCC[C@@]3(CCC[C@H]3O)C2)cnc2ccnn12. The Balaban J connectivity index is 1.64. The lowest BCUT2D eigenvalue weighted by molar-refractivity contribution is -0.00541. The van der Waals surface area contributed by atoms with Crippen LogP contribution in [0, 0.1) is 12.3 Å². The number of aromatic nitrogens is 3. The molecule has 2 atom stereocenters. The van der Waals surface area contributed by atoms with E-state index in [2.05, 4.69) is 10.1 Å². The van der Waals surface area contributed by atoms with Crippen molar-refractivity contribution >= 4 is 11.6 Å². The molecule has 4 rings (SSSR count). The maximum Gasteiger partial charge on any atom is 0.257 e. The van der Waals surface area contributed by atoms with E-state index in [0.717, 1.165) is 50.0 Å². The van der Waals surface area contributed by atoms with Gasteiger partial charge in [-0.1, -0.05) is 6.42 Å². The first kappa shape index (κ1) is 14.6. The van der Waals surface area contributed by atoms with Crippen molar-refractivity contribution in [3.05, 3.63) is 29.7 Å². The summed E-state index contributed by atoms with van der Waals surface area (Å²) in [5.41, 5.74) is 2.08. The van der Waals surface area contributed by atoms with Crippen LogP contribution in [0.5, 0.6) is 0 Å². The summed E-state index contributed by atoms with van der Waals surface area (Å²) >= 11 is 0. The molecule has 1 N–H and O–H groups in total. The second kappa shape index (κ2) is 5.30. The minimum Gasteiger partial charge on any atom is -0.392 e. The van der Waals surface area contributed by atoms with E-state index in [9.17, 15) is 9.90 Å². The lowest BCUT2D eigenvalue weighted by Gasteiger charge is -2.42. The molecule has 6 nitrogen and oxygen atoms in total. The zero-order valence-corrected chi connectivity index (χ0v) is 13.4. The Hall–Kier alpha value is -1.95.